The lowest BCUT2D eigenvalue weighted by Gasteiger charge is -2.11. The molecule has 1 aliphatic carbocycles. The molecule has 1 aliphatic rings. The number of hydrogen-bond acceptors (Lipinski definition) is 3. The molecule has 0 bridgehead atoms. The van der Waals surface area contributed by atoms with Gasteiger partial charge in [-0.15, -0.1) is 0 Å². The summed E-state index contributed by atoms with van der Waals surface area (Å²) >= 11 is 3.28. The normalized spacial score (nSPS) is 14.3. The third kappa shape index (κ3) is 4.49. The number of sulfonamides is 1. The van der Waals surface area contributed by atoms with Crippen LogP contribution < -0.4 is 10.0 Å². The minimum Gasteiger partial charge on any atom is -0.348 e. The number of rotatable bonds is 6. The van der Waals surface area contributed by atoms with Crippen molar-refractivity contribution in [1.82, 2.24) is 10.0 Å². The Morgan fingerprint density at radius 3 is 2.62 bits per heavy atom. The van der Waals surface area contributed by atoms with Gasteiger partial charge in [-0.2, -0.15) is 0 Å². The minimum absolute atomic E-state index is 0.0114. The van der Waals surface area contributed by atoms with Crippen LogP contribution in [0.4, 0.5) is 4.39 Å². The van der Waals surface area contributed by atoms with Crippen molar-refractivity contribution in [3.63, 3.8) is 0 Å². The molecule has 1 saturated carbocycles. The monoisotopic (exact) mass is 440 g/mol. The van der Waals surface area contributed by atoms with Crippen molar-refractivity contribution in [3.05, 3.63) is 63.4 Å². The molecule has 26 heavy (non-hydrogen) atoms. The molecular weight excluding hydrogens is 423 g/mol. The summed E-state index contributed by atoms with van der Waals surface area (Å²) in [6.45, 7) is 1.86. The number of aryl methyl sites for hydroxylation is 1. The number of carbonyl (C=O) groups excluding carboxylic acids is 1. The van der Waals surface area contributed by atoms with E-state index in [1.807, 2.05) is 0 Å². The molecule has 1 fully saturated rings. The van der Waals surface area contributed by atoms with Crippen LogP contribution >= 0.6 is 15.9 Å². The fraction of sp³-hybridized carbons (Fsp3) is 0.278. The predicted octanol–water partition coefficient (Wildman–Crippen LogP) is 3.27. The highest BCUT2D eigenvalue weighted by atomic mass is 79.9. The lowest BCUT2D eigenvalue weighted by Crippen LogP contribution is -2.27. The van der Waals surface area contributed by atoms with Crippen molar-refractivity contribution in [3.8, 4) is 0 Å². The molecule has 8 heteroatoms. The van der Waals surface area contributed by atoms with Crippen LogP contribution in [0.3, 0.4) is 0 Å². The second kappa shape index (κ2) is 7.46. The van der Waals surface area contributed by atoms with Crippen molar-refractivity contribution in [1.29, 1.82) is 0 Å². The van der Waals surface area contributed by atoms with Crippen molar-refractivity contribution in [2.45, 2.75) is 37.2 Å². The Hall–Kier alpha value is -1.77. The van der Waals surface area contributed by atoms with Gasteiger partial charge in [-0.3, -0.25) is 4.79 Å². The Morgan fingerprint density at radius 1 is 1.23 bits per heavy atom. The zero-order valence-electron chi connectivity index (χ0n) is 14.1. The second-order valence-corrected chi connectivity index (χ2v) is 8.87. The van der Waals surface area contributed by atoms with Crippen LogP contribution in [0.2, 0.25) is 0 Å². The average Bonchev–Trinajstić information content (AvgIpc) is 3.39. The summed E-state index contributed by atoms with van der Waals surface area (Å²) in [7, 11) is -3.64. The number of halogens is 2. The van der Waals surface area contributed by atoms with E-state index in [4.69, 9.17) is 0 Å². The van der Waals surface area contributed by atoms with Gasteiger partial charge in [-0.25, -0.2) is 17.5 Å². The molecule has 0 atom stereocenters. The Kier molecular flexibility index (Phi) is 5.45. The van der Waals surface area contributed by atoms with E-state index >= 15 is 0 Å². The van der Waals surface area contributed by atoms with E-state index in [1.165, 1.54) is 18.2 Å². The van der Waals surface area contributed by atoms with Crippen LogP contribution in [0.15, 0.2) is 45.8 Å². The maximum Gasteiger partial charge on any atom is 0.252 e. The van der Waals surface area contributed by atoms with E-state index in [0.717, 1.165) is 18.4 Å². The van der Waals surface area contributed by atoms with E-state index < -0.39 is 15.9 Å². The van der Waals surface area contributed by atoms with Crippen LogP contribution in [-0.4, -0.2) is 20.4 Å². The average molecular weight is 441 g/mol. The molecular formula is C18H18BrFN2O3S. The summed E-state index contributed by atoms with van der Waals surface area (Å²) in [5.41, 5.74) is 1.48. The number of benzene rings is 2. The first-order chi connectivity index (χ1) is 12.3. The summed E-state index contributed by atoms with van der Waals surface area (Å²) in [5, 5.41) is 2.73. The Labute approximate surface area is 160 Å². The predicted molar refractivity (Wildman–Crippen MR) is 99.8 cm³/mol. The van der Waals surface area contributed by atoms with Crippen LogP contribution in [0, 0.1) is 12.7 Å². The Bertz CT molecular complexity index is 959. The fourth-order valence-electron chi connectivity index (χ4n) is 2.43. The van der Waals surface area contributed by atoms with Crippen LogP contribution in [-0.2, 0) is 16.6 Å². The minimum atomic E-state index is -3.64. The smallest absolute Gasteiger partial charge is 0.252 e. The largest absolute Gasteiger partial charge is 0.348 e. The summed E-state index contributed by atoms with van der Waals surface area (Å²) in [6.07, 6.45) is 1.67. The van der Waals surface area contributed by atoms with Gasteiger partial charge in [-0.1, -0.05) is 12.1 Å². The molecule has 1 amide bonds. The van der Waals surface area contributed by atoms with Crippen LogP contribution in [0.1, 0.15) is 34.3 Å². The molecule has 0 spiro atoms. The van der Waals surface area contributed by atoms with Gasteiger partial charge in [-0.05, 0) is 71.1 Å². The molecule has 0 aliphatic heterocycles. The molecule has 2 aromatic carbocycles. The van der Waals surface area contributed by atoms with Crippen molar-refractivity contribution < 1.29 is 17.6 Å². The molecule has 2 aromatic rings. The zero-order valence-corrected chi connectivity index (χ0v) is 16.5. The first kappa shape index (κ1) is 19.0. The lowest BCUT2D eigenvalue weighted by molar-refractivity contribution is 0.0950. The standard InChI is InChI=1S/C18H18BrFN2O3S/c1-11-8-12(2-7-17(11)20)10-21-18(23)15-9-14(5-6-16(15)19)26(24,25)22-13-3-4-13/h2,5-9,13,22H,3-4,10H2,1H3,(H,21,23). The van der Waals surface area contributed by atoms with E-state index in [-0.39, 0.29) is 28.9 Å². The fourth-order valence-corrected chi connectivity index (χ4v) is 4.19. The van der Waals surface area contributed by atoms with E-state index in [9.17, 15) is 17.6 Å². The van der Waals surface area contributed by atoms with E-state index in [0.29, 0.717) is 10.0 Å². The Balaban J connectivity index is 1.75. The van der Waals surface area contributed by atoms with E-state index in [2.05, 4.69) is 26.0 Å². The number of amides is 1. The molecule has 5 nitrogen and oxygen atoms in total. The summed E-state index contributed by atoms with van der Waals surface area (Å²) < 4.78 is 41.0. The molecule has 0 heterocycles. The molecule has 138 valence electrons. The summed E-state index contributed by atoms with van der Waals surface area (Å²) in [6, 6.07) is 8.93. The summed E-state index contributed by atoms with van der Waals surface area (Å²) in [5.74, 6) is -0.716. The van der Waals surface area contributed by atoms with Gasteiger partial charge in [0.15, 0.2) is 0 Å². The highest BCUT2D eigenvalue weighted by Crippen LogP contribution is 2.25. The molecule has 3 rings (SSSR count). The first-order valence-electron chi connectivity index (χ1n) is 8.11. The SMILES string of the molecule is Cc1cc(CNC(=O)c2cc(S(=O)(=O)NC3CC3)ccc2Br)ccc1F. The topological polar surface area (TPSA) is 75.3 Å². The van der Waals surface area contributed by atoms with Gasteiger partial charge in [0.05, 0.1) is 10.5 Å². The highest BCUT2D eigenvalue weighted by molar-refractivity contribution is 9.10. The van der Waals surface area contributed by atoms with Crippen molar-refractivity contribution >= 4 is 31.9 Å². The molecule has 0 aromatic heterocycles. The third-order valence-electron chi connectivity index (χ3n) is 4.07. The van der Waals surface area contributed by atoms with Crippen LogP contribution in [0.25, 0.3) is 0 Å². The van der Waals surface area contributed by atoms with Gasteiger partial charge in [0.2, 0.25) is 10.0 Å². The zero-order chi connectivity index (χ0) is 18.9. The first-order valence-corrected chi connectivity index (χ1v) is 10.4. The Morgan fingerprint density at radius 2 is 1.96 bits per heavy atom. The second-order valence-electron chi connectivity index (χ2n) is 6.30. The summed E-state index contributed by atoms with van der Waals surface area (Å²) in [4.78, 5) is 12.5. The molecule has 0 saturated heterocycles. The number of carbonyl (C=O) groups is 1. The maximum absolute atomic E-state index is 13.3. The highest BCUT2D eigenvalue weighted by Gasteiger charge is 2.28. The van der Waals surface area contributed by atoms with Gasteiger partial charge >= 0.3 is 0 Å². The van der Waals surface area contributed by atoms with Gasteiger partial charge in [0.25, 0.3) is 5.91 Å². The van der Waals surface area contributed by atoms with Gasteiger partial charge < -0.3 is 5.32 Å². The lowest BCUT2D eigenvalue weighted by atomic mass is 10.1. The quantitative estimate of drug-likeness (QED) is 0.723. The maximum atomic E-state index is 13.3. The van der Waals surface area contributed by atoms with Gasteiger partial charge in [0, 0.05) is 17.1 Å². The number of hydrogen-bond donors (Lipinski definition) is 2. The van der Waals surface area contributed by atoms with Crippen molar-refractivity contribution in [2.24, 2.45) is 0 Å². The van der Waals surface area contributed by atoms with Crippen molar-refractivity contribution in [2.75, 3.05) is 0 Å². The van der Waals surface area contributed by atoms with Gasteiger partial charge in [0.1, 0.15) is 5.82 Å². The van der Waals surface area contributed by atoms with E-state index in [1.54, 1.807) is 25.1 Å². The number of nitrogens with one attached hydrogen (secondary N) is 2. The molecule has 2 N–H and O–H groups in total. The molecule has 0 radical (unpaired) electrons. The third-order valence-corrected chi connectivity index (χ3v) is 6.28. The molecule has 0 unspecified atom stereocenters. The van der Waals surface area contributed by atoms with Crippen LogP contribution in [0.5, 0.6) is 0 Å².